The number of allylic oxidation sites excluding steroid dienone is 2. The summed E-state index contributed by atoms with van der Waals surface area (Å²) in [5.74, 6) is 0.755. The van der Waals surface area contributed by atoms with E-state index in [2.05, 4.69) is 29.4 Å². The number of aromatic nitrogens is 2. The standard InChI is InChI=1S/C34H47ClFN4O2.C8H4O2.Li/c1-7-16-34(36)23(4)20-40(21-27(34)8-2)32-37-19-29(35)31(39-32)38-28-14-13-24-10-9-22(3)30(41)25(11-12-26(24)18-28)15-17-33(5,6)42;9-5-7-3-1-2-4-8(7)6-10;/h7,13-14,16,18-19,22-23,25,27,42H,2,8-12,15,17,20-21H2,1,3-6H3,(H,37,38,39);1-4H;/q-1;-2;+1/b16-7+;;/t22?,23-,25?,27+,34?;;/m0../s1. The number of benzene rings is 2. The van der Waals surface area contributed by atoms with Gasteiger partial charge in [-0.05, 0) is 101 Å². The topological polar surface area (TPSA) is 112 Å². The molecule has 1 aliphatic heterocycles. The van der Waals surface area contributed by atoms with Crippen LogP contribution in [0, 0.1) is 30.6 Å². The smallest absolute Gasteiger partial charge is 0.391 e. The predicted octanol–water partition coefficient (Wildman–Crippen LogP) is 5.31. The van der Waals surface area contributed by atoms with Crippen LogP contribution in [0.2, 0.25) is 5.02 Å². The molecule has 8 nitrogen and oxygen atoms in total. The number of ketones is 1. The first-order chi connectivity index (χ1) is 24.7. The third-order valence-electron chi connectivity index (χ3n) is 10.3. The summed E-state index contributed by atoms with van der Waals surface area (Å²) in [6, 6.07) is 12.7. The van der Waals surface area contributed by atoms with Gasteiger partial charge in [-0.15, -0.1) is 12.1 Å². The molecular formula is C42H51ClFLiN4O4-2. The third kappa shape index (κ3) is 11.6. The molecule has 1 saturated heterocycles. The first kappa shape index (κ1) is 44.0. The van der Waals surface area contributed by atoms with E-state index in [1.807, 2.05) is 31.7 Å². The maximum atomic E-state index is 15.9. The van der Waals surface area contributed by atoms with E-state index in [1.165, 1.54) is 23.3 Å². The molecule has 1 aliphatic carbocycles. The molecule has 2 heterocycles. The van der Waals surface area contributed by atoms with Gasteiger partial charge in [-0.2, -0.15) is 11.4 Å². The number of aryl methyl sites for hydroxylation is 2. The zero-order valence-electron chi connectivity index (χ0n) is 31.9. The van der Waals surface area contributed by atoms with E-state index < -0.39 is 11.3 Å². The van der Waals surface area contributed by atoms with Crippen molar-refractivity contribution < 1.29 is 42.7 Å². The summed E-state index contributed by atoms with van der Waals surface area (Å²) in [6.45, 7) is 14.4. The van der Waals surface area contributed by atoms with E-state index in [4.69, 9.17) is 16.6 Å². The number of fused-ring (bicyclic) bond motifs is 1. The number of rotatable bonds is 10. The maximum absolute atomic E-state index is 15.9. The molecular weight excluding hydrogens is 686 g/mol. The Labute approximate surface area is 331 Å². The van der Waals surface area contributed by atoms with Gasteiger partial charge >= 0.3 is 18.9 Å². The summed E-state index contributed by atoms with van der Waals surface area (Å²) in [4.78, 5) is 44.7. The van der Waals surface area contributed by atoms with Crippen LogP contribution in [0.4, 0.5) is 21.8 Å². The SMILES string of the molecule is O=[C-]c1ccccc1[C-]=O.[CH2-]C[C@@H]1CN(c2ncc(Cl)c(Nc3ccc4c(c3)CCC(CCC(C)(C)O)C(=O)C(C)CC4)n2)C[C@H](C)C1(F)/C=C/C.[Li+]. The quantitative estimate of drug-likeness (QED) is 0.164. The number of alkyl halides is 1. The van der Waals surface area contributed by atoms with E-state index in [9.17, 15) is 19.5 Å². The van der Waals surface area contributed by atoms with Gasteiger partial charge in [0.15, 0.2) is 5.82 Å². The first-order valence-corrected chi connectivity index (χ1v) is 18.5. The van der Waals surface area contributed by atoms with Crippen LogP contribution in [0.15, 0.2) is 60.8 Å². The van der Waals surface area contributed by atoms with Gasteiger partial charge in [-0.25, -0.2) is 21.5 Å². The van der Waals surface area contributed by atoms with Gasteiger partial charge in [0.2, 0.25) is 5.95 Å². The van der Waals surface area contributed by atoms with Crippen LogP contribution in [0.5, 0.6) is 0 Å². The molecule has 3 unspecified atom stereocenters. The van der Waals surface area contributed by atoms with Crippen molar-refractivity contribution in [3.05, 3.63) is 95.0 Å². The number of halogens is 2. The van der Waals surface area contributed by atoms with Gasteiger partial charge in [-0.1, -0.05) is 43.7 Å². The Balaban J connectivity index is 0.000000594. The van der Waals surface area contributed by atoms with Crippen LogP contribution in [-0.2, 0) is 27.2 Å². The number of Topliss-reactive ketones (excluding diaryl/α,β-unsaturated/α-hetero) is 1. The van der Waals surface area contributed by atoms with Crippen molar-refractivity contribution in [1.82, 2.24) is 9.97 Å². The van der Waals surface area contributed by atoms with Gasteiger partial charge in [0, 0.05) is 36.5 Å². The minimum absolute atomic E-state index is 0. The molecule has 11 heteroatoms. The molecule has 1 aromatic heterocycles. The average molecular weight is 737 g/mol. The van der Waals surface area contributed by atoms with Crippen molar-refractivity contribution >= 4 is 47.4 Å². The number of hydrogen-bond acceptors (Lipinski definition) is 8. The Kier molecular flexibility index (Phi) is 16.5. The maximum Gasteiger partial charge on any atom is 1.00 e. The van der Waals surface area contributed by atoms with Crippen molar-refractivity contribution in [2.45, 2.75) is 90.8 Å². The fourth-order valence-corrected chi connectivity index (χ4v) is 7.30. The van der Waals surface area contributed by atoms with Crippen molar-refractivity contribution in [1.29, 1.82) is 0 Å². The van der Waals surface area contributed by atoms with E-state index in [0.717, 1.165) is 31.4 Å². The molecule has 280 valence electrons. The normalized spacial score (nSPS) is 23.3. The Morgan fingerprint density at radius 2 is 1.75 bits per heavy atom. The van der Waals surface area contributed by atoms with Gasteiger partial charge in [0.1, 0.15) is 16.5 Å². The average Bonchev–Trinajstić information content (AvgIpc) is 3.17. The molecule has 2 aliphatic rings. The second-order valence-electron chi connectivity index (χ2n) is 14.8. The molecule has 0 radical (unpaired) electrons. The largest absolute Gasteiger partial charge is 1.00 e. The van der Waals surface area contributed by atoms with Crippen LogP contribution in [0.3, 0.4) is 0 Å². The number of carbonyl (C=O) groups is 1. The molecule has 5 atom stereocenters. The second-order valence-corrected chi connectivity index (χ2v) is 15.2. The number of carbonyl (C=O) groups excluding carboxylic acids is 3. The molecule has 3 aromatic rings. The zero-order valence-corrected chi connectivity index (χ0v) is 32.7. The number of nitrogens with zero attached hydrogens (tertiary/aromatic N) is 3. The number of hydrogen-bond donors (Lipinski definition) is 2. The fourth-order valence-electron chi connectivity index (χ4n) is 7.16. The first-order valence-electron chi connectivity index (χ1n) is 18.1. The van der Waals surface area contributed by atoms with E-state index in [1.54, 1.807) is 56.9 Å². The molecule has 53 heavy (non-hydrogen) atoms. The summed E-state index contributed by atoms with van der Waals surface area (Å²) in [5.41, 5.74) is 1.67. The third-order valence-corrected chi connectivity index (χ3v) is 10.6. The summed E-state index contributed by atoms with van der Waals surface area (Å²) in [7, 11) is 0. The van der Waals surface area contributed by atoms with Crippen molar-refractivity contribution in [3.63, 3.8) is 0 Å². The van der Waals surface area contributed by atoms with Gasteiger partial charge in [0.25, 0.3) is 0 Å². The van der Waals surface area contributed by atoms with E-state index in [0.29, 0.717) is 54.9 Å². The molecule has 0 saturated carbocycles. The summed E-state index contributed by atoms with van der Waals surface area (Å²) in [6.07, 6.45) is 13.3. The monoisotopic (exact) mass is 736 g/mol. The fraction of sp³-hybridized carbons (Fsp3) is 0.476. The van der Waals surface area contributed by atoms with Crippen molar-refractivity contribution in [2.24, 2.45) is 23.7 Å². The summed E-state index contributed by atoms with van der Waals surface area (Å²) in [5, 5.41) is 14.1. The van der Waals surface area contributed by atoms with Crippen molar-refractivity contribution in [2.75, 3.05) is 23.3 Å². The van der Waals surface area contributed by atoms with Crippen LogP contribution >= 0.6 is 11.6 Å². The van der Waals surface area contributed by atoms with Crippen LogP contribution in [0.1, 0.15) is 89.0 Å². The van der Waals surface area contributed by atoms with E-state index >= 15 is 4.39 Å². The number of nitrogens with one attached hydrogen (secondary N) is 1. The van der Waals surface area contributed by atoms with E-state index in [-0.39, 0.29) is 53.7 Å². The Hall–Kier alpha value is -3.35. The van der Waals surface area contributed by atoms with Crippen LogP contribution in [0.25, 0.3) is 0 Å². The zero-order chi connectivity index (χ0) is 38.1. The van der Waals surface area contributed by atoms with Gasteiger partial charge in [0.05, 0.1) is 11.8 Å². The van der Waals surface area contributed by atoms with Crippen molar-refractivity contribution in [3.8, 4) is 0 Å². The minimum atomic E-state index is -1.41. The molecule has 5 rings (SSSR count). The molecule has 0 bridgehead atoms. The number of anilines is 3. The molecule has 2 N–H and O–H groups in total. The summed E-state index contributed by atoms with van der Waals surface area (Å²) < 4.78 is 15.9. The molecule has 2 aromatic carbocycles. The molecule has 0 amide bonds. The Bertz CT molecular complexity index is 1710. The Morgan fingerprint density at radius 1 is 1.09 bits per heavy atom. The minimum Gasteiger partial charge on any atom is -0.391 e. The summed E-state index contributed by atoms with van der Waals surface area (Å²) >= 11 is 6.55. The molecule has 1 fully saturated rings. The number of aliphatic hydroxyl groups is 1. The predicted molar refractivity (Wildman–Crippen MR) is 206 cm³/mol. The van der Waals surface area contributed by atoms with Gasteiger partial charge in [-0.3, -0.25) is 15.9 Å². The molecule has 0 spiro atoms. The van der Waals surface area contributed by atoms with Gasteiger partial charge < -0.3 is 31.8 Å². The Morgan fingerprint density at radius 3 is 2.36 bits per heavy atom. The van der Waals surface area contributed by atoms with Crippen LogP contribution < -0.4 is 29.1 Å². The second kappa shape index (κ2) is 19.8. The van der Waals surface area contributed by atoms with Crippen LogP contribution in [-0.4, -0.2) is 57.8 Å². The number of piperidine rings is 1.